The van der Waals surface area contributed by atoms with Gasteiger partial charge in [0, 0.05) is 26.2 Å². The fourth-order valence-electron chi connectivity index (χ4n) is 1.97. The first-order valence-corrected chi connectivity index (χ1v) is 7.60. The van der Waals surface area contributed by atoms with E-state index in [0.29, 0.717) is 23.1 Å². The molecule has 0 heterocycles. The Morgan fingerprint density at radius 1 is 1.32 bits per heavy atom. The molecule has 1 aromatic rings. The van der Waals surface area contributed by atoms with Crippen LogP contribution in [0.25, 0.3) is 0 Å². The number of nitrogens with two attached hydrogens (primary N) is 1. The van der Waals surface area contributed by atoms with Gasteiger partial charge in [0.05, 0.1) is 22.6 Å². The van der Waals surface area contributed by atoms with Crippen LogP contribution in [-0.2, 0) is 16.1 Å². The summed E-state index contributed by atoms with van der Waals surface area (Å²) in [6, 6.07) is 5.46. The Morgan fingerprint density at radius 2 is 1.95 bits per heavy atom. The van der Waals surface area contributed by atoms with E-state index in [4.69, 9.17) is 33.7 Å². The molecule has 1 unspecified atom stereocenters. The van der Waals surface area contributed by atoms with Crippen LogP contribution in [0.1, 0.15) is 25.8 Å². The van der Waals surface area contributed by atoms with Crippen LogP contribution in [0.15, 0.2) is 18.2 Å². The summed E-state index contributed by atoms with van der Waals surface area (Å²) in [5.41, 5.74) is 6.51. The van der Waals surface area contributed by atoms with E-state index < -0.39 is 0 Å². The standard InChI is InChI=1S/C15H22Cl2N2O2.ClH/c1-10(2)19(15(20)7-12(8-18)21-3)9-11-4-5-13(16)14(17)6-11;/h4-6,10,12H,7-9,18H2,1-3H3;1H. The maximum atomic E-state index is 12.4. The van der Waals surface area contributed by atoms with Gasteiger partial charge in [-0.05, 0) is 31.5 Å². The number of carbonyl (C=O) groups excluding carboxylic acids is 1. The minimum atomic E-state index is -0.257. The summed E-state index contributed by atoms with van der Waals surface area (Å²) in [5.74, 6) is 0.00775. The number of rotatable bonds is 7. The number of carbonyl (C=O) groups is 1. The lowest BCUT2D eigenvalue weighted by molar-refractivity contribution is -0.136. The van der Waals surface area contributed by atoms with Gasteiger partial charge < -0.3 is 15.4 Å². The highest BCUT2D eigenvalue weighted by molar-refractivity contribution is 6.42. The van der Waals surface area contributed by atoms with Gasteiger partial charge in [-0.3, -0.25) is 4.79 Å². The zero-order chi connectivity index (χ0) is 16.0. The van der Waals surface area contributed by atoms with E-state index in [-0.39, 0.29) is 36.9 Å². The highest BCUT2D eigenvalue weighted by Crippen LogP contribution is 2.24. The quantitative estimate of drug-likeness (QED) is 0.800. The highest BCUT2D eigenvalue weighted by atomic mass is 35.5. The van der Waals surface area contributed by atoms with Gasteiger partial charge in [-0.2, -0.15) is 0 Å². The summed E-state index contributed by atoms with van der Waals surface area (Å²) >= 11 is 11.9. The molecule has 0 fully saturated rings. The monoisotopic (exact) mass is 368 g/mol. The molecule has 0 bridgehead atoms. The van der Waals surface area contributed by atoms with Gasteiger partial charge in [-0.25, -0.2) is 0 Å². The number of halogens is 3. The van der Waals surface area contributed by atoms with Crippen molar-refractivity contribution in [2.24, 2.45) is 5.73 Å². The lowest BCUT2D eigenvalue weighted by Crippen LogP contribution is -2.39. The molecule has 1 amide bonds. The lowest BCUT2D eigenvalue weighted by atomic mass is 10.1. The third-order valence-corrected chi connectivity index (χ3v) is 4.02. The van der Waals surface area contributed by atoms with Crippen LogP contribution in [0, 0.1) is 0 Å². The van der Waals surface area contributed by atoms with Crippen molar-refractivity contribution in [1.82, 2.24) is 4.90 Å². The van der Waals surface area contributed by atoms with Crippen molar-refractivity contribution in [2.45, 2.75) is 39.0 Å². The Morgan fingerprint density at radius 3 is 2.41 bits per heavy atom. The molecule has 0 spiro atoms. The average Bonchev–Trinajstić information content (AvgIpc) is 2.45. The zero-order valence-corrected chi connectivity index (χ0v) is 15.3. The SMILES string of the molecule is COC(CN)CC(=O)N(Cc1ccc(Cl)c(Cl)c1)C(C)C.Cl. The number of hydrogen-bond acceptors (Lipinski definition) is 3. The molecule has 0 aliphatic rings. The summed E-state index contributed by atoms with van der Waals surface area (Å²) in [4.78, 5) is 14.2. The van der Waals surface area contributed by atoms with Gasteiger partial charge in [0.1, 0.15) is 0 Å². The van der Waals surface area contributed by atoms with Crippen molar-refractivity contribution in [1.29, 1.82) is 0 Å². The molecule has 0 radical (unpaired) electrons. The van der Waals surface area contributed by atoms with E-state index in [1.807, 2.05) is 19.9 Å². The summed E-state index contributed by atoms with van der Waals surface area (Å²) in [7, 11) is 1.56. The van der Waals surface area contributed by atoms with Gasteiger partial charge in [0.25, 0.3) is 0 Å². The largest absolute Gasteiger partial charge is 0.380 e. The first-order chi connectivity index (χ1) is 9.88. The summed E-state index contributed by atoms with van der Waals surface area (Å²) in [5, 5.41) is 0.993. The van der Waals surface area contributed by atoms with E-state index in [2.05, 4.69) is 0 Å². The van der Waals surface area contributed by atoms with Crippen molar-refractivity contribution in [3.63, 3.8) is 0 Å². The second kappa shape index (κ2) is 10.3. The average molecular weight is 370 g/mol. The Bertz CT molecular complexity index is 480. The Kier molecular flexibility index (Phi) is 10.0. The van der Waals surface area contributed by atoms with Gasteiger partial charge in [0.15, 0.2) is 0 Å². The second-order valence-corrected chi connectivity index (χ2v) is 5.98. The molecule has 0 aromatic heterocycles. The first-order valence-electron chi connectivity index (χ1n) is 6.85. The van der Waals surface area contributed by atoms with Crippen LogP contribution in [0.4, 0.5) is 0 Å². The molecular formula is C15H23Cl3N2O2. The predicted molar refractivity (Wildman–Crippen MR) is 93.9 cm³/mol. The fraction of sp³-hybridized carbons (Fsp3) is 0.533. The third kappa shape index (κ3) is 6.31. The van der Waals surface area contributed by atoms with Gasteiger partial charge >= 0.3 is 0 Å². The molecule has 126 valence electrons. The molecule has 7 heteroatoms. The fourth-order valence-corrected chi connectivity index (χ4v) is 2.29. The Balaban J connectivity index is 0.00000441. The number of ether oxygens (including phenoxy) is 1. The second-order valence-electron chi connectivity index (χ2n) is 5.16. The summed E-state index contributed by atoms with van der Waals surface area (Å²) < 4.78 is 5.17. The van der Waals surface area contributed by atoms with Crippen LogP contribution >= 0.6 is 35.6 Å². The Hall–Kier alpha value is -0.520. The normalized spacial score (nSPS) is 12.0. The number of nitrogens with zero attached hydrogens (tertiary/aromatic N) is 1. The minimum absolute atomic E-state index is 0. The lowest BCUT2D eigenvalue weighted by Gasteiger charge is -2.28. The Labute approximate surface area is 148 Å². The van der Waals surface area contributed by atoms with E-state index >= 15 is 0 Å². The van der Waals surface area contributed by atoms with E-state index in [0.717, 1.165) is 5.56 Å². The molecule has 0 saturated heterocycles. The number of hydrogen-bond donors (Lipinski definition) is 1. The van der Waals surface area contributed by atoms with Crippen LogP contribution in [0.3, 0.4) is 0 Å². The first kappa shape index (κ1) is 21.5. The maximum absolute atomic E-state index is 12.4. The zero-order valence-electron chi connectivity index (χ0n) is 13.0. The highest BCUT2D eigenvalue weighted by Gasteiger charge is 2.21. The van der Waals surface area contributed by atoms with Crippen molar-refractivity contribution < 1.29 is 9.53 Å². The van der Waals surface area contributed by atoms with Crippen LogP contribution in [-0.4, -0.2) is 36.6 Å². The van der Waals surface area contributed by atoms with Gasteiger partial charge in [0.2, 0.25) is 5.91 Å². The molecule has 1 atom stereocenters. The molecule has 1 aromatic carbocycles. The van der Waals surface area contributed by atoms with Crippen molar-refractivity contribution >= 4 is 41.5 Å². The summed E-state index contributed by atoms with van der Waals surface area (Å²) in [6.07, 6.45) is 0.0134. The topological polar surface area (TPSA) is 55.6 Å². The number of amides is 1. The van der Waals surface area contributed by atoms with Crippen LogP contribution < -0.4 is 5.73 Å². The predicted octanol–water partition coefficient (Wildman–Crippen LogP) is 3.52. The van der Waals surface area contributed by atoms with E-state index in [1.54, 1.807) is 24.1 Å². The maximum Gasteiger partial charge on any atom is 0.225 e. The van der Waals surface area contributed by atoms with Crippen LogP contribution in [0.2, 0.25) is 10.0 Å². The molecule has 22 heavy (non-hydrogen) atoms. The van der Waals surface area contributed by atoms with E-state index in [1.165, 1.54) is 0 Å². The molecule has 1 rings (SSSR count). The smallest absolute Gasteiger partial charge is 0.225 e. The molecule has 0 aliphatic carbocycles. The number of benzene rings is 1. The molecule has 0 aliphatic heterocycles. The number of methoxy groups -OCH3 is 1. The van der Waals surface area contributed by atoms with Crippen LogP contribution in [0.5, 0.6) is 0 Å². The third-order valence-electron chi connectivity index (χ3n) is 3.28. The van der Waals surface area contributed by atoms with E-state index in [9.17, 15) is 4.79 Å². The summed E-state index contributed by atoms with van der Waals surface area (Å²) in [6.45, 7) is 4.74. The van der Waals surface area contributed by atoms with Crippen molar-refractivity contribution in [3.8, 4) is 0 Å². The van der Waals surface area contributed by atoms with Gasteiger partial charge in [-0.1, -0.05) is 29.3 Å². The minimum Gasteiger partial charge on any atom is -0.380 e. The van der Waals surface area contributed by atoms with Gasteiger partial charge in [-0.15, -0.1) is 12.4 Å². The molecular weight excluding hydrogens is 347 g/mol. The molecule has 2 N–H and O–H groups in total. The van der Waals surface area contributed by atoms with Crippen molar-refractivity contribution in [2.75, 3.05) is 13.7 Å². The molecule has 0 saturated carbocycles. The van der Waals surface area contributed by atoms with Crippen molar-refractivity contribution in [3.05, 3.63) is 33.8 Å². The molecule has 4 nitrogen and oxygen atoms in total.